The molecule has 0 N–H and O–H groups in total. The van der Waals surface area contributed by atoms with Gasteiger partial charge in [0.2, 0.25) is 0 Å². The van der Waals surface area contributed by atoms with Crippen molar-refractivity contribution in [2.24, 2.45) is 0 Å². The summed E-state index contributed by atoms with van der Waals surface area (Å²) in [7, 11) is 1.69. The SMILES string of the molecule is COc1cc(C)c(C2CCCCCC2=O)cc1C. The van der Waals surface area contributed by atoms with Crippen LogP contribution in [0.1, 0.15) is 54.7 Å². The molecular weight excluding hydrogens is 224 g/mol. The molecule has 1 aliphatic carbocycles. The van der Waals surface area contributed by atoms with E-state index < -0.39 is 0 Å². The van der Waals surface area contributed by atoms with Gasteiger partial charge in [-0.3, -0.25) is 4.79 Å². The zero-order chi connectivity index (χ0) is 13.1. The highest BCUT2D eigenvalue weighted by atomic mass is 16.5. The lowest BCUT2D eigenvalue weighted by atomic mass is 9.86. The average Bonchev–Trinajstić information content (AvgIpc) is 2.56. The highest BCUT2D eigenvalue weighted by Crippen LogP contribution is 2.34. The highest BCUT2D eigenvalue weighted by Gasteiger charge is 2.24. The number of rotatable bonds is 2. The number of ether oxygens (including phenoxy) is 1. The van der Waals surface area contributed by atoms with Gasteiger partial charge in [-0.05, 0) is 49.4 Å². The lowest BCUT2D eigenvalue weighted by molar-refractivity contribution is -0.120. The predicted octanol–water partition coefficient (Wildman–Crippen LogP) is 3.93. The zero-order valence-electron chi connectivity index (χ0n) is 11.6. The van der Waals surface area contributed by atoms with Gasteiger partial charge in [0.15, 0.2) is 0 Å². The summed E-state index contributed by atoms with van der Waals surface area (Å²) in [5.74, 6) is 1.44. The minimum Gasteiger partial charge on any atom is -0.496 e. The zero-order valence-corrected chi connectivity index (χ0v) is 11.6. The minimum absolute atomic E-state index is 0.108. The molecule has 0 saturated heterocycles. The maximum Gasteiger partial charge on any atom is 0.140 e. The van der Waals surface area contributed by atoms with Crippen LogP contribution in [0, 0.1) is 13.8 Å². The molecule has 1 aromatic carbocycles. The number of aryl methyl sites for hydroxylation is 2. The van der Waals surface area contributed by atoms with Gasteiger partial charge in [-0.2, -0.15) is 0 Å². The topological polar surface area (TPSA) is 26.3 Å². The average molecular weight is 246 g/mol. The van der Waals surface area contributed by atoms with Crippen molar-refractivity contribution in [3.63, 3.8) is 0 Å². The molecule has 1 aromatic rings. The van der Waals surface area contributed by atoms with Crippen LogP contribution in [-0.4, -0.2) is 12.9 Å². The molecule has 1 unspecified atom stereocenters. The van der Waals surface area contributed by atoms with E-state index >= 15 is 0 Å². The van der Waals surface area contributed by atoms with Gasteiger partial charge >= 0.3 is 0 Å². The Kier molecular flexibility index (Phi) is 4.05. The Morgan fingerprint density at radius 2 is 1.89 bits per heavy atom. The molecule has 1 atom stereocenters. The van der Waals surface area contributed by atoms with E-state index in [0.29, 0.717) is 5.78 Å². The molecule has 2 rings (SSSR count). The van der Waals surface area contributed by atoms with Crippen molar-refractivity contribution in [1.82, 2.24) is 0 Å². The molecule has 98 valence electrons. The van der Waals surface area contributed by atoms with Gasteiger partial charge in [0.05, 0.1) is 7.11 Å². The fourth-order valence-corrected chi connectivity index (χ4v) is 2.90. The fourth-order valence-electron chi connectivity index (χ4n) is 2.90. The summed E-state index contributed by atoms with van der Waals surface area (Å²) in [6.45, 7) is 4.12. The molecule has 1 saturated carbocycles. The molecule has 0 aliphatic heterocycles. The van der Waals surface area contributed by atoms with Gasteiger partial charge in [-0.1, -0.05) is 18.9 Å². The Bertz CT molecular complexity index is 449. The molecule has 18 heavy (non-hydrogen) atoms. The summed E-state index contributed by atoms with van der Waals surface area (Å²) in [5.41, 5.74) is 3.51. The monoisotopic (exact) mass is 246 g/mol. The minimum atomic E-state index is 0.108. The predicted molar refractivity (Wildman–Crippen MR) is 73.3 cm³/mol. The summed E-state index contributed by atoms with van der Waals surface area (Å²) in [6, 6.07) is 4.20. The van der Waals surface area contributed by atoms with E-state index in [1.54, 1.807) is 7.11 Å². The number of ketones is 1. The normalized spacial score (nSPS) is 20.6. The third kappa shape index (κ3) is 2.58. The van der Waals surface area contributed by atoms with Gasteiger partial charge in [0, 0.05) is 12.3 Å². The quantitative estimate of drug-likeness (QED) is 0.739. The maximum atomic E-state index is 12.2. The van der Waals surface area contributed by atoms with Gasteiger partial charge in [0.1, 0.15) is 11.5 Å². The van der Waals surface area contributed by atoms with Crippen LogP contribution in [-0.2, 0) is 4.79 Å². The Hall–Kier alpha value is -1.31. The summed E-state index contributed by atoms with van der Waals surface area (Å²) in [4.78, 5) is 12.2. The smallest absolute Gasteiger partial charge is 0.140 e. The van der Waals surface area contributed by atoms with Crippen LogP contribution in [0.2, 0.25) is 0 Å². The van der Waals surface area contributed by atoms with Crippen LogP contribution in [0.3, 0.4) is 0 Å². The third-order valence-electron chi connectivity index (χ3n) is 3.96. The van der Waals surface area contributed by atoms with Crippen molar-refractivity contribution in [2.45, 2.75) is 51.9 Å². The Morgan fingerprint density at radius 1 is 1.11 bits per heavy atom. The Labute approximate surface area is 109 Å². The van der Waals surface area contributed by atoms with Gasteiger partial charge < -0.3 is 4.74 Å². The van der Waals surface area contributed by atoms with Crippen molar-refractivity contribution >= 4 is 5.78 Å². The number of carbonyl (C=O) groups excluding carboxylic acids is 1. The van der Waals surface area contributed by atoms with Crippen molar-refractivity contribution < 1.29 is 9.53 Å². The van der Waals surface area contributed by atoms with Crippen molar-refractivity contribution in [1.29, 1.82) is 0 Å². The molecule has 2 heteroatoms. The number of Topliss-reactive ketones (excluding diaryl/α,β-unsaturated/α-hetero) is 1. The van der Waals surface area contributed by atoms with E-state index in [-0.39, 0.29) is 5.92 Å². The second kappa shape index (κ2) is 5.55. The first-order valence-electron chi connectivity index (χ1n) is 6.81. The lowest BCUT2D eigenvalue weighted by Crippen LogP contribution is -2.12. The van der Waals surface area contributed by atoms with E-state index in [1.807, 2.05) is 6.92 Å². The van der Waals surface area contributed by atoms with E-state index in [4.69, 9.17) is 4.74 Å². The first-order chi connectivity index (χ1) is 8.63. The van der Waals surface area contributed by atoms with Crippen LogP contribution >= 0.6 is 0 Å². The molecule has 0 amide bonds. The summed E-state index contributed by atoms with van der Waals surface area (Å²) in [5, 5.41) is 0. The molecule has 2 nitrogen and oxygen atoms in total. The van der Waals surface area contributed by atoms with Crippen molar-refractivity contribution in [3.05, 3.63) is 28.8 Å². The van der Waals surface area contributed by atoms with Crippen molar-refractivity contribution in [3.8, 4) is 5.75 Å². The van der Waals surface area contributed by atoms with Gasteiger partial charge in [-0.25, -0.2) is 0 Å². The van der Waals surface area contributed by atoms with Crippen LogP contribution in [0.25, 0.3) is 0 Å². The van der Waals surface area contributed by atoms with Crippen LogP contribution < -0.4 is 4.74 Å². The van der Waals surface area contributed by atoms with Crippen LogP contribution in [0.4, 0.5) is 0 Å². The molecule has 1 aliphatic rings. The largest absolute Gasteiger partial charge is 0.496 e. The Balaban J connectivity index is 2.37. The number of methoxy groups -OCH3 is 1. The van der Waals surface area contributed by atoms with E-state index in [0.717, 1.165) is 30.6 Å². The lowest BCUT2D eigenvalue weighted by Gasteiger charge is -2.18. The molecular formula is C16H22O2. The summed E-state index contributed by atoms with van der Waals surface area (Å²) < 4.78 is 5.33. The van der Waals surface area contributed by atoms with E-state index in [9.17, 15) is 4.79 Å². The second-order valence-corrected chi connectivity index (χ2v) is 5.30. The van der Waals surface area contributed by atoms with E-state index in [1.165, 1.54) is 24.0 Å². The highest BCUT2D eigenvalue weighted by molar-refractivity contribution is 5.86. The Morgan fingerprint density at radius 3 is 2.61 bits per heavy atom. The number of hydrogen-bond donors (Lipinski definition) is 0. The molecule has 0 heterocycles. The van der Waals surface area contributed by atoms with Crippen LogP contribution in [0.5, 0.6) is 5.75 Å². The number of benzene rings is 1. The van der Waals surface area contributed by atoms with Gasteiger partial charge in [-0.15, -0.1) is 0 Å². The van der Waals surface area contributed by atoms with Gasteiger partial charge in [0.25, 0.3) is 0 Å². The van der Waals surface area contributed by atoms with Crippen LogP contribution in [0.15, 0.2) is 12.1 Å². The molecule has 0 spiro atoms. The third-order valence-corrected chi connectivity index (χ3v) is 3.96. The molecule has 1 fully saturated rings. The fraction of sp³-hybridized carbons (Fsp3) is 0.562. The van der Waals surface area contributed by atoms with Crippen molar-refractivity contribution in [2.75, 3.05) is 7.11 Å². The number of carbonyl (C=O) groups is 1. The molecule has 0 bridgehead atoms. The first kappa shape index (κ1) is 13.1. The standard InChI is InChI=1S/C16H22O2/c1-11-10-16(18-3)12(2)9-14(11)13-7-5-4-6-8-15(13)17/h9-10,13H,4-8H2,1-3H3. The maximum absolute atomic E-state index is 12.2. The summed E-state index contributed by atoms with van der Waals surface area (Å²) >= 11 is 0. The molecule has 0 aromatic heterocycles. The van der Waals surface area contributed by atoms with E-state index in [2.05, 4.69) is 19.1 Å². The number of hydrogen-bond acceptors (Lipinski definition) is 2. The first-order valence-corrected chi connectivity index (χ1v) is 6.81. The second-order valence-electron chi connectivity index (χ2n) is 5.30. The molecule has 0 radical (unpaired) electrons. The summed E-state index contributed by atoms with van der Waals surface area (Å²) in [6.07, 6.45) is 5.17.